The van der Waals surface area contributed by atoms with Crippen molar-refractivity contribution in [2.75, 3.05) is 17.3 Å². The van der Waals surface area contributed by atoms with E-state index in [9.17, 15) is 9.59 Å². The Balaban J connectivity index is 1.80. The van der Waals surface area contributed by atoms with Gasteiger partial charge in [-0.3, -0.25) is 9.59 Å². The fraction of sp³-hybridized carbons (Fsp3) is 0.214. The maximum absolute atomic E-state index is 13.6. The Kier molecular flexibility index (Phi) is 5.81. The number of nitrogens with zero attached hydrogens (tertiary/aromatic N) is 1. The first-order valence-corrected chi connectivity index (χ1v) is 10.9. The molecule has 0 atom stereocenters. The molecule has 1 N–H and O–H groups in total. The Morgan fingerprint density at radius 2 is 1.45 bits per heavy atom. The lowest BCUT2D eigenvalue weighted by Gasteiger charge is -2.21. The second-order valence-corrected chi connectivity index (χ2v) is 9.18. The van der Waals surface area contributed by atoms with Crippen LogP contribution in [0.15, 0.2) is 78.5 Å². The van der Waals surface area contributed by atoms with Crippen molar-refractivity contribution in [1.82, 2.24) is 0 Å². The maximum atomic E-state index is 13.6. The van der Waals surface area contributed by atoms with Crippen molar-refractivity contribution in [2.45, 2.75) is 33.1 Å². The van der Waals surface area contributed by atoms with Crippen LogP contribution in [0.1, 0.15) is 37.5 Å². The minimum absolute atomic E-state index is 0.0283. The first-order valence-electron chi connectivity index (χ1n) is 10.9. The number of carbonyl (C=O) groups excluding carboxylic acids is 2. The second kappa shape index (κ2) is 8.58. The number of rotatable bonds is 5. The molecule has 5 heteroatoms. The predicted octanol–water partition coefficient (Wildman–Crippen LogP) is 5.70. The van der Waals surface area contributed by atoms with E-state index in [-0.39, 0.29) is 17.0 Å². The van der Waals surface area contributed by atoms with Gasteiger partial charge in [0.25, 0.3) is 11.8 Å². The Morgan fingerprint density at radius 3 is 2.06 bits per heavy atom. The summed E-state index contributed by atoms with van der Waals surface area (Å²) in [7, 11) is 1.57. The van der Waals surface area contributed by atoms with Gasteiger partial charge in [-0.25, -0.2) is 4.90 Å². The molecule has 0 saturated heterocycles. The zero-order valence-corrected chi connectivity index (χ0v) is 19.6. The van der Waals surface area contributed by atoms with Crippen molar-refractivity contribution in [3.8, 4) is 5.75 Å². The predicted molar refractivity (Wildman–Crippen MR) is 132 cm³/mol. The number of para-hydroxylation sites is 2. The number of hydrogen-bond acceptors (Lipinski definition) is 4. The minimum Gasteiger partial charge on any atom is -0.495 e. The van der Waals surface area contributed by atoms with Gasteiger partial charge in [-0.15, -0.1) is 0 Å². The van der Waals surface area contributed by atoms with Gasteiger partial charge in [0.05, 0.1) is 24.1 Å². The molecule has 0 spiro atoms. The number of amides is 2. The Hall–Kier alpha value is -3.86. The van der Waals surface area contributed by atoms with Crippen LogP contribution in [0, 0.1) is 6.92 Å². The highest BCUT2D eigenvalue weighted by Crippen LogP contribution is 2.36. The van der Waals surface area contributed by atoms with E-state index in [2.05, 4.69) is 26.1 Å². The molecular weight excluding hydrogens is 412 g/mol. The van der Waals surface area contributed by atoms with Crippen molar-refractivity contribution in [3.63, 3.8) is 0 Å². The number of nitrogens with one attached hydrogen (secondary N) is 1. The molecule has 0 aliphatic carbocycles. The first kappa shape index (κ1) is 22.3. The van der Waals surface area contributed by atoms with Gasteiger partial charge in [0, 0.05) is 0 Å². The lowest BCUT2D eigenvalue weighted by Crippen LogP contribution is -2.32. The van der Waals surface area contributed by atoms with Crippen molar-refractivity contribution < 1.29 is 14.3 Å². The van der Waals surface area contributed by atoms with E-state index in [4.69, 9.17) is 4.74 Å². The van der Waals surface area contributed by atoms with Crippen molar-refractivity contribution in [1.29, 1.82) is 0 Å². The van der Waals surface area contributed by atoms with E-state index in [1.165, 1.54) is 4.90 Å². The van der Waals surface area contributed by atoms with Crippen LogP contribution in [0.2, 0.25) is 0 Å². The molecule has 0 fully saturated rings. The van der Waals surface area contributed by atoms with E-state index < -0.39 is 5.91 Å². The van der Waals surface area contributed by atoms with Crippen LogP contribution in [0.25, 0.3) is 5.57 Å². The Labute approximate surface area is 194 Å². The van der Waals surface area contributed by atoms with E-state index in [1.807, 2.05) is 73.7 Å². The molecule has 0 aromatic heterocycles. The number of anilines is 2. The number of ether oxygens (including phenoxy) is 1. The third kappa shape index (κ3) is 4.27. The van der Waals surface area contributed by atoms with Crippen LogP contribution in [0.5, 0.6) is 5.75 Å². The molecule has 1 aliphatic heterocycles. The summed E-state index contributed by atoms with van der Waals surface area (Å²) in [6.45, 7) is 8.36. The normalized spacial score (nSPS) is 14.2. The SMILES string of the molecule is COc1ccccc1NC1=C(c2ccc(C)cc2)C(=O)N(c2ccc(C(C)(C)C)cc2)C1=O. The average molecular weight is 441 g/mol. The molecular formula is C28H28N2O3. The summed E-state index contributed by atoms with van der Waals surface area (Å²) < 4.78 is 5.44. The maximum Gasteiger partial charge on any atom is 0.282 e. The highest BCUT2D eigenvalue weighted by Gasteiger charge is 2.40. The molecule has 5 nitrogen and oxygen atoms in total. The largest absolute Gasteiger partial charge is 0.495 e. The molecule has 0 saturated carbocycles. The summed E-state index contributed by atoms with van der Waals surface area (Å²) in [6, 6.07) is 22.5. The van der Waals surface area contributed by atoms with Gasteiger partial charge >= 0.3 is 0 Å². The highest BCUT2D eigenvalue weighted by atomic mass is 16.5. The average Bonchev–Trinajstić information content (AvgIpc) is 3.03. The fourth-order valence-corrected chi connectivity index (χ4v) is 3.86. The topological polar surface area (TPSA) is 58.6 Å². The molecule has 0 bridgehead atoms. The molecule has 1 aliphatic rings. The van der Waals surface area contributed by atoms with Gasteiger partial charge in [0.1, 0.15) is 11.4 Å². The molecule has 0 unspecified atom stereocenters. The van der Waals surface area contributed by atoms with Gasteiger partial charge in [0.2, 0.25) is 0 Å². The standard InChI is InChI=1S/C28H28N2O3/c1-18-10-12-19(13-11-18)24-25(29-22-8-6-7-9-23(22)33-5)27(32)30(26(24)31)21-16-14-20(15-17-21)28(2,3)4/h6-17,29H,1-5H3. The van der Waals surface area contributed by atoms with Gasteiger partial charge in [-0.2, -0.15) is 0 Å². The van der Waals surface area contributed by atoms with Crippen LogP contribution in [0.3, 0.4) is 0 Å². The highest BCUT2D eigenvalue weighted by molar-refractivity contribution is 6.46. The second-order valence-electron chi connectivity index (χ2n) is 9.18. The monoisotopic (exact) mass is 440 g/mol. The van der Waals surface area contributed by atoms with Gasteiger partial charge in [-0.05, 0) is 47.7 Å². The number of carbonyl (C=O) groups is 2. The molecule has 0 radical (unpaired) electrons. The zero-order chi connectivity index (χ0) is 23.8. The van der Waals surface area contributed by atoms with Crippen LogP contribution < -0.4 is 15.0 Å². The number of benzene rings is 3. The lowest BCUT2D eigenvalue weighted by molar-refractivity contribution is -0.120. The number of hydrogen-bond donors (Lipinski definition) is 1. The van der Waals surface area contributed by atoms with Crippen molar-refractivity contribution >= 4 is 28.8 Å². The van der Waals surface area contributed by atoms with E-state index in [0.29, 0.717) is 28.3 Å². The van der Waals surface area contributed by atoms with Crippen LogP contribution in [-0.2, 0) is 15.0 Å². The molecule has 3 aromatic rings. The Morgan fingerprint density at radius 1 is 0.818 bits per heavy atom. The van der Waals surface area contributed by atoms with Crippen molar-refractivity contribution in [2.24, 2.45) is 0 Å². The van der Waals surface area contributed by atoms with Gasteiger partial charge in [0.15, 0.2) is 0 Å². The van der Waals surface area contributed by atoms with Crippen LogP contribution >= 0.6 is 0 Å². The van der Waals surface area contributed by atoms with Crippen LogP contribution in [0.4, 0.5) is 11.4 Å². The summed E-state index contributed by atoms with van der Waals surface area (Å²) in [4.78, 5) is 28.4. The minimum atomic E-state index is -0.398. The summed E-state index contributed by atoms with van der Waals surface area (Å²) >= 11 is 0. The van der Waals surface area contributed by atoms with Crippen LogP contribution in [-0.4, -0.2) is 18.9 Å². The number of aryl methyl sites for hydroxylation is 1. The van der Waals surface area contributed by atoms with E-state index in [1.54, 1.807) is 13.2 Å². The molecule has 33 heavy (non-hydrogen) atoms. The molecule has 3 aromatic carbocycles. The fourth-order valence-electron chi connectivity index (χ4n) is 3.86. The van der Waals surface area contributed by atoms with Gasteiger partial charge in [-0.1, -0.05) is 74.9 Å². The first-order chi connectivity index (χ1) is 15.7. The molecule has 168 valence electrons. The van der Waals surface area contributed by atoms with E-state index >= 15 is 0 Å². The zero-order valence-electron chi connectivity index (χ0n) is 19.6. The quantitative estimate of drug-likeness (QED) is 0.517. The van der Waals surface area contributed by atoms with Crippen molar-refractivity contribution in [3.05, 3.63) is 95.2 Å². The number of methoxy groups -OCH3 is 1. The summed E-state index contributed by atoms with van der Waals surface area (Å²) in [6.07, 6.45) is 0. The lowest BCUT2D eigenvalue weighted by atomic mass is 9.87. The smallest absolute Gasteiger partial charge is 0.282 e. The summed E-state index contributed by atoms with van der Waals surface area (Å²) in [5, 5.41) is 3.18. The van der Waals surface area contributed by atoms with E-state index in [0.717, 1.165) is 11.1 Å². The molecule has 2 amide bonds. The third-order valence-corrected chi connectivity index (χ3v) is 5.78. The number of imide groups is 1. The molecule has 4 rings (SSSR count). The third-order valence-electron chi connectivity index (χ3n) is 5.78. The summed E-state index contributed by atoms with van der Waals surface area (Å²) in [5.41, 5.74) is 4.59. The molecule has 1 heterocycles. The van der Waals surface area contributed by atoms with Gasteiger partial charge < -0.3 is 10.1 Å². The summed E-state index contributed by atoms with van der Waals surface area (Å²) in [5.74, 6) is -0.170. The Bertz CT molecular complexity index is 1230.